The molecule has 2 aromatic carbocycles. The van der Waals surface area contributed by atoms with Crippen LogP contribution in [0.25, 0.3) is 27.8 Å². The summed E-state index contributed by atoms with van der Waals surface area (Å²) in [4.78, 5) is 15.5. The first-order chi connectivity index (χ1) is 14.1. The summed E-state index contributed by atoms with van der Waals surface area (Å²) in [6.07, 6.45) is 2.98. The van der Waals surface area contributed by atoms with Gasteiger partial charge in [-0.1, -0.05) is 6.07 Å². The van der Waals surface area contributed by atoms with E-state index in [1.54, 1.807) is 29.2 Å². The van der Waals surface area contributed by atoms with Crippen molar-refractivity contribution < 1.29 is 8.78 Å². The molecule has 0 saturated heterocycles. The first kappa shape index (κ1) is 17.2. The average molecular weight is 391 g/mol. The molecule has 0 fully saturated rings. The van der Waals surface area contributed by atoms with E-state index in [-0.39, 0.29) is 6.04 Å². The third kappa shape index (κ3) is 2.96. The van der Waals surface area contributed by atoms with Crippen LogP contribution < -0.4 is 5.32 Å². The van der Waals surface area contributed by atoms with E-state index in [2.05, 4.69) is 30.4 Å². The van der Waals surface area contributed by atoms with Gasteiger partial charge in [0.15, 0.2) is 11.5 Å². The summed E-state index contributed by atoms with van der Waals surface area (Å²) in [6, 6.07) is 10.2. The van der Waals surface area contributed by atoms with Gasteiger partial charge in [0.2, 0.25) is 0 Å². The van der Waals surface area contributed by atoms with Crippen molar-refractivity contribution in [3.05, 3.63) is 72.4 Å². The van der Waals surface area contributed by atoms with Gasteiger partial charge in [0.1, 0.15) is 23.5 Å². The third-order valence-corrected chi connectivity index (χ3v) is 4.71. The Balaban J connectivity index is 1.62. The number of hydrogen-bond donors (Lipinski definition) is 2. The van der Waals surface area contributed by atoms with Crippen LogP contribution in [0.2, 0.25) is 0 Å². The first-order valence-corrected chi connectivity index (χ1v) is 8.95. The summed E-state index contributed by atoms with van der Waals surface area (Å²) in [5.41, 5.74) is 2.97. The molecule has 0 aliphatic rings. The van der Waals surface area contributed by atoms with Crippen LogP contribution in [0.15, 0.2) is 55.1 Å². The fourth-order valence-corrected chi connectivity index (χ4v) is 3.38. The van der Waals surface area contributed by atoms with Crippen LogP contribution in [0.3, 0.4) is 0 Å². The van der Waals surface area contributed by atoms with E-state index in [1.807, 2.05) is 6.92 Å². The number of nitrogens with one attached hydrogen (secondary N) is 2. The number of benzene rings is 2. The van der Waals surface area contributed by atoms with Crippen LogP contribution in [0, 0.1) is 11.6 Å². The quantitative estimate of drug-likeness (QED) is 0.481. The Labute approximate surface area is 163 Å². The van der Waals surface area contributed by atoms with Crippen molar-refractivity contribution >= 4 is 27.9 Å². The zero-order valence-corrected chi connectivity index (χ0v) is 15.3. The highest BCUT2D eigenvalue weighted by atomic mass is 19.1. The fraction of sp³-hybridized carbons (Fsp3) is 0.100. The molecular weight excluding hydrogens is 376 g/mol. The number of anilines is 1. The normalized spacial score (nSPS) is 12.5. The Morgan fingerprint density at radius 1 is 1.03 bits per heavy atom. The smallest absolute Gasteiger partial charge is 0.182 e. The van der Waals surface area contributed by atoms with Gasteiger partial charge in [-0.25, -0.2) is 28.4 Å². The number of imidazole rings is 1. The molecule has 0 amide bonds. The lowest BCUT2D eigenvalue weighted by molar-refractivity contribution is 0.625. The van der Waals surface area contributed by atoms with Gasteiger partial charge in [-0.15, -0.1) is 0 Å². The zero-order chi connectivity index (χ0) is 20.0. The van der Waals surface area contributed by atoms with Crippen molar-refractivity contribution in [3.8, 4) is 5.69 Å². The second-order valence-corrected chi connectivity index (χ2v) is 6.63. The Hall–Kier alpha value is -3.88. The van der Waals surface area contributed by atoms with Crippen LogP contribution in [-0.4, -0.2) is 29.7 Å². The predicted octanol–water partition coefficient (Wildman–Crippen LogP) is 4.14. The summed E-state index contributed by atoms with van der Waals surface area (Å²) >= 11 is 0. The minimum absolute atomic E-state index is 0.279. The lowest BCUT2D eigenvalue weighted by atomic mass is 10.1. The van der Waals surface area contributed by atoms with Crippen molar-refractivity contribution in [1.29, 1.82) is 0 Å². The van der Waals surface area contributed by atoms with Gasteiger partial charge in [0.05, 0.1) is 29.3 Å². The van der Waals surface area contributed by atoms with E-state index >= 15 is 0 Å². The molecule has 0 bridgehead atoms. The number of hydrogen-bond acceptors (Lipinski definition) is 5. The summed E-state index contributed by atoms with van der Waals surface area (Å²) in [6.45, 7) is 1.92. The summed E-state index contributed by atoms with van der Waals surface area (Å²) in [5.74, 6) is -0.203. The minimum atomic E-state index is -0.391. The predicted molar refractivity (Wildman–Crippen MR) is 105 cm³/mol. The molecule has 29 heavy (non-hydrogen) atoms. The van der Waals surface area contributed by atoms with Crippen LogP contribution in [0.1, 0.15) is 18.7 Å². The molecule has 1 atom stereocenters. The van der Waals surface area contributed by atoms with Crippen molar-refractivity contribution in [3.63, 3.8) is 0 Å². The summed E-state index contributed by atoms with van der Waals surface area (Å²) in [5, 5.41) is 8.72. The number of nitrogens with zero attached hydrogens (tertiary/aromatic N) is 5. The average Bonchev–Trinajstić information content (AvgIpc) is 3.33. The largest absolute Gasteiger partial charge is 0.360 e. The van der Waals surface area contributed by atoms with Gasteiger partial charge < -0.3 is 10.3 Å². The van der Waals surface area contributed by atoms with Crippen molar-refractivity contribution in [2.45, 2.75) is 13.0 Å². The van der Waals surface area contributed by atoms with E-state index < -0.39 is 11.6 Å². The lowest BCUT2D eigenvalue weighted by Crippen LogP contribution is -2.10. The maximum Gasteiger partial charge on any atom is 0.182 e. The Kier molecular flexibility index (Phi) is 3.94. The molecule has 0 aliphatic heterocycles. The monoisotopic (exact) mass is 391 g/mol. The molecule has 0 radical (unpaired) electrons. The minimum Gasteiger partial charge on any atom is -0.360 e. The third-order valence-electron chi connectivity index (χ3n) is 4.71. The molecule has 5 aromatic rings. The number of fused-ring (bicyclic) bond motifs is 2. The van der Waals surface area contributed by atoms with E-state index in [0.29, 0.717) is 33.9 Å². The fourth-order valence-electron chi connectivity index (χ4n) is 3.38. The zero-order valence-electron chi connectivity index (χ0n) is 15.3. The van der Waals surface area contributed by atoms with Crippen molar-refractivity contribution in [1.82, 2.24) is 29.7 Å². The number of aromatic amines is 1. The highest BCUT2D eigenvalue weighted by molar-refractivity contribution is 5.85. The van der Waals surface area contributed by atoms with E-state index in [4.69, 9.17) is 0 Å². The molecule has 0 spiro atoms. The Morgan fingerprint density at radius 2 is 1.90 bits per heavy atom. The Morgan fingerprint density at radius 3 is 2.76 bits per heavy atom. The van der Waals surface area contributed by atoms with Gasteiger partial charge in [-0.3, -0.25) is 0 Å². The van der Waals surface area contributed by atoms with Crippen LogP contribution in [0.5, 0.6) is 0 Å². The maximum atomic E-state index is 13.9. The highest BCUT2D eigenvalue weighted by Crippen LogP contribution is 2.29. The molecule has 3 heterocycles. The molecule has 7 nitrogen and oxygen atoms in total. The molecule has 9 heteroatoms. The topological polar surface area (TPSA) is 84.3 Å². The molecule has 1 unspecified atom stereocenters. The van der Waals surface area contributed by atoms with Gasteiger partial charge in [-0.2, -0.15) is 5.10 Å². The van der Waals surface area contributed by atoms with Crippen molar-refractivity contribution in [2.75, 3.05) is 5.32 Å². The van der Waals surface area contributed by atoms with Crippen LogP contribution in [-0.2, 0) is 0 Å². The molecule has 0 saturated carbocycles. The second-order valence-electron chi connectivity index (χ2n) is 6.63. The van der Waals surface area contributed by atoms with Crippen molar-refractivity contribution in [2.24, 2.45) is 0 Å². The van der Waals surface area contributed by atoms with Crippen LogP contribution in [0.4, 0.5) is 14.6 Å². The first-order valence-electron chi connectivity index (χ1n) is 8.95. The van der Waals surface area contributed by atoms with E-state index in [1.165, 1.54) is 30.6 Å². The number of halogens is 2. The van der Waals surface area contributed by atoms with Gasteiger partial charge in [0.25, 0.3) is 0 Å². The van der Waals surface area contributed by atoms with Gasteiger partial charge >= 0.3 is 0 Å². The van der Waals surface area contributed by atoms with Crippen LogP contribution >= 0.6 is 0 Å². The number of rotatable bonds is 4. The number of aromatic nitrogens is 6. The SMILES string of the molecule is CC(Nc1ncnc2nc[nH]c12)c1nn(-c2cccc(F)c2)c2cc(F)ccc12. The summed E-state index contributed by atoms with van der Waals surface area (Å²) < 4.78 is 29.2. The highest BCUT2D eigenvalue weighted by Gasteiger charge is 2.19. The standard InChI is InChI=1S/C20H15F2N7/c1-11(27-20-18-19(24-9-23-18)25-10-26-20)17-15-6-5-13(22)8-16(15)29(28-17)14-4-2-3-12(21)7-14/h2-11H,1H3,(H2,23,24,25,26,27). The second kappa shape index (κ2) is 6.62. The van der Waals surface area contributed by atoms with Gasteiger partial charge in [-0.05, 0) is 37.3 Å². The lowest BCUT2D eigenvalue weighted by Gasteiger charge is -2.13. The van der Waals surface area contributed by atoms with E-state index in [0.717, 1.165) is 5.39 Å². The molecule has 3 aromatic heterocycles. The molecule has 2 N–H and O–H groups in total. The number of H-pyrrole nitrogens is 1. The molecule has 5 rings (SSSR count). The molecule has 144 valence electrons. The van der Waals surface area contributed by atoms with Gasteiger partial charge in [0, 0.05) is 11.5 Å². The molecular formula is C20H15F2N7. The maximum absolute atomic E-state index is 13.9. The molecule has 0 aliphatic carbocycles. The van der Waals surface area contributed by atoms with E-state index in [9.17, 15) is 8.78 Å². The Bertz CT molecular complexity index is 1340. The summed E-state index contributed by atoms with van der Waals surface area (Å²) in [7, 11) is 0.